The summed E-state index contributed by atoms with van der Waals surface area (Å²) in [5.41, 5.74) is 6.25. The second-order valence-corrected chi connectivity index (χ2v) is 7.88. The van der Waals surface area contributed by atoms with E-state index in [1.165, 1.54) is 23.8 Å². The molecule has 0 aliphatic heterocycles. The second-order valence-electron chi connectivity index (χ2n) is 7.88. The Morgan fingerprint density at radius 2 is 1.71 bits per heavy atom. The van der Waals surface area contributed by atoms with E-state index < -0.39 is 10.8 Å². The number of hydrazone groups is 1. The number of nitrogens with one attached hydrogen (secondary N) is 1. The van der Waals surface area contributed by atoms with E-state index in [0.717, 1.165) is 23.0 Å². The van der Waals surface area contributed by atoms with Crippen molar-refractivity contribution in [3.05, 3.63) is 124 Å². The van der Waals surface area contributed by atoms with E-state index in [1.54, 1.807) is 24.4 Å². The molecule has 1 amide bonds. The maximum atomic E-state index is 12.5. The molecular formula is C27H20N4O4. The summed E-state index contributed by atoms with van der Waals surface area (Å²) in [5.74, 6) is 0.0162. The van der Waals surface area contributed by atoms with Gasteiger partial charge in [0.2, 0.25) is 0 Å². The number of para-hydroxylation sites is 1. The maximum absolute atomic E-state index is 12.5. The van der Waals surface area contributed by atoms with Gasteiger partial charge < -0.3 is 8.98 Å². The lowest BCUT2D eigenvalue weighted by atomic mass is 10.1. The molecule has 0 saturated carbocycles. The predicted molar refractivity (Wildman–Crippen MR) is 133 cm³/mol. The summed E-state index contributed by atoms with van der Waals surface area (Å²) in [6, 6.07) is 27.3. The van der Waals surface area contributed by atoms with Crippen LogP contribution in [-0.4, -0.2) is 21.6 Å². The lowest BCUT2D eigenvalue weighted by molar-refractivity contribution is -0.384. The van der Waals surface area contributed by atoms with Crippen molar-refractivity contribution in [2.75, 3.05) is 0 Å². The number of hydrogen-bond acceptors (Lipinski definition) is 5. The Hall–Kier alpha value is -4.98. The molecule has 0 aliphatic carbocycles. The molecule has 0 atom stereocenters. The van der Waals surface area contributed by atoms with Gasteiger partial charge in [-0.15, -0.1) is 0 Å². The Kier molecular flexibility index (Phi) is 5.92. The van der Waals surface area contributed by atoms with E-state index in [0.29, 0.717) is 11.3 Å². The molecule has 0 aliphatic rings. The summed E-state index contributed by atoms with van der Waals surface area (Å²) in [6.45, 7) is 0.722. The number of aromatic nitrogens is 1. The summed E-state index contributed by atoms with van der Waals surface area (Å²) >= 11 is 0. The predicted octanol–water partition coefficient (Wildman–Crippen LogP) is 5.62. The second kappa shape index (κ2) is 9.48. The molecule has 5 aromatic rings. The first-order chi connectivity index (χ1) is 17.1. The van der Waals surface area contributed by atoms with Gasteiger partial charge in [0.25, 0.3) is 5.69 Å². The summed E-state index contributed by atoms with van der Waals surface area (Å²) in [5, 5.41) is 16.0. The van der Waals surface area contributed by atoms with E-state index in [-0.39, 0.29) is 11.4 Å². The van der Waals surface area contributed by atoms with Crippen LogP contribution >= 0.6 is 0 Å². The van der Waals surface area contributed by atoms with Gasteiger partial charge in [0.05, 0.1) is 11.1 Å². The number of benzene rings is 3. The van der Waals surface area contributed by atoms with Gasteiger partial charge >= 0.3 is 5.91 Å². The van der Waals surface area contributed by atoms with Gasteiger partial charge in [-0.2, -0.15) is 5.10 Å². The monoisotopic (exact) mass is 464 g/mol. The first kappa shape index (κ1) is 21.8. The molecule has 0 radical (unpaired) electrons. The summed E-state index contributed by atoms with van der Waals surface area (Å²) in [4.78, 5) is 22.9. The van der Waals surface area contributed by atoms with Gasteiger partial charge in [0.15, 0.2) is 5.76 Å². The minimum Gasteiger partial charge on any atom is -0.451 e. The highest BCUT2D eigenvalue weighted by Crippen LogP contribution is 2.25. The molecule has 0 spiro atoms. The molecule has 2 aromatic heterocycles. The number of fused-ring (bicyclic) bond motifs is 1. The van der Waals surface area contributed by atoms with Crippen LogP contribution in [0, 0.1) is 10.1 Å². The average molecular weight is 464 g/mol. The first-order valence-corrected chi connectivity index (χ1v) is 10.9. The van der Waals surface area contributed by atoms with Crippen molar-refractivity contribution in [1.82, 2.24) is 9.99 Å². The van der Waals surface area contributed by atoms with Gasteiger partial charge in [0.1, 0.15) is 5.76 Å². The largest absolute Gasteiger partial charge is 0.451 e. The number of nitro benzene ring substituents is 1. The Morgan fingerprint density at radius 1 is 0.971 bits per heavy atom. The minimum atomic E-state index is -0.498. The van der Waals surface area contributed by atoms with E-state index >= 15 is 0 Å². The number of furan rings is 1. The van der Waals surface area contributed by atoms with Crippen LogP contribution in [0.2, 0.25) is 0 Å². The number of rotatable bonds is 7. The number of carbonyl (C=O) groups is 1. The van der Waals surface area contributed by atoms with Crippen LogP contribution in [0.25, 0.3) is 22.2 Å². The van der Waals surface area contributed by atoms with Crippen molar-refractivity contribution in [1.29, 1.82) is 0 Å². The maximum Gasteiger partial charge on any atom is 0.307 e. The fourth-order valence-electron chi connectivity index (χ4n) is 3.87. The zero-order chi connectivity index (χ0) is 24.2. The Morgan fingerprint density at radius 3 is 2.49 bits per heavy atom. The van der Waals surface area contributed by atoms with Crippen LogP contribution in [-0.2, 0) is 6.54 Å². The fourth-order valence-corrected chi connectivity index (χ4v) is 3.87. The van der Waals surface area contributed by atoms with E-state index in [9.17, 15) is 14.9 Å². The Labute approximate surface area is 200 Å². The van der Waals surface area contributed by atoms with Crippen molar-refractivity contribution < 1.29 is 14.1 Å². The van der Waals surface area contributed by atoms with Crippen molar-refractivity contribution in [3.63, 3.8) is 0 Å². The van der Waals surface area contributed by atoms with Crippen LogP contribution in [0.1, 0.15) is 21.7 Å². The number of nitro groups is 1. The first-order valence-electron chi connectivity index (χ1n) is 10.9. The number of nitrogens with zero attached hydrogens (tertiary/aromatic N) is 3. The molecule has 8 nitrogen and oxygen atoms in total. The molecule has 8 heteroatoms. The minimum absolute atomic E-state index is 0.0160. The van der Waals surface area contributed by atoms with Crippen LogP contribution in [0.5, 0.6) is 0 Å². The zero-order valence-corrected chi connectivity index (χ0v) is 18.5. The normalized spacial score (nSPS) is 11.2. The molecule has 35 heavy (non-hydrogen) atoms. The van der Waals surface area contributed by atoms with Gasteiger partial charge in [-0.05, 0) is 35.9 Å². The third kappa shape index (κ3) is 4.72. The lowest BCUT2D eigenvalue weighted by Gasteiger charge is -2.05. The van der Waals surface area contributed by atoms with Crippen molar-refractivity contribution in [2.45, 2.75) is 6.54 Å². The SMILES string of the molecule is O=C(N/N=C/c1cn(Cc2ccccc2)c2ccccc12)c1ccc(-c2ccc([N+](=O)[O-])cc2)o1. The van der Waals surface area contributed by atoms with E-state index in [1.807, 2.05) is 42.6 Å². The Bertz CT molecular complexity index is 1530. The molecule has 3 aromatic carbocycles. The van der Waals surface area contributed by atoms with Crippen LogP contribution in [0.4, 0.5) is 5.69 Å². The molecule has 0 bridgehead atoms. The molecule has 172 valence electrons. The molecule has 0 unspecified atom stereocenters. The van der Waals surface area contributed by atoms with Crippen LogP contribution < -0.4 is 5.43 Å². The van der Waals surface area contributed by atoms with Crippen molar-refractivity contribution >= 4 is 28.7 Å². The fraction of sp³-hybridized carbons (Fsp3) is 0.0370. The molecule has 1 N–H and O–H groups in total. The van der Waals surface area contributed by atoms with E-state index in [4.69, 9.17) is 4.42 Å². The molecule has 0 saturated heterocycles. The third-order valence-electron chi connectivity index (χ3n) is 5.58. The third-order valence-corrected chi connectivity index (χ3v) is 5.58. The highest BCUT2D eigenvalue weighted by Gasteiger charge is 2.13. The number of carbonyl (C=O) groups excluding carboxylic acids is 1. The number of non-ortho nitro benzene ring substituents is 1. The van der Waals surface area contributed by atoms with Crippen LogP contribution in [0.3, 0.4) is 0 Å². The van der Waals surface area contributed by atoms with Crippen LogP contribution in [0.15, 0.2) is 107 Å². The topological polar surface area (TPSA) is 103 Å². The van der Waals surface area contributed by atoms with E-state index in [2.05, 4.69) is 33.3 Å². The molecule has 0 fully saturated rings. The lowest BCUT2D eigenvalue weighted by Crippen LogP contribution is -2.16. The van der Waals surface area contributed by atoms with Gasteiger partial charge in [-0.1, -0.05) is 48.5 Å². The number of amides is 1. The average Bonchev–Trinajstić information content (AvgIpc) is 3.51. The zero-order valence-electron chi connectivity index (χ0n) is 18.5. The summed E-state index contributed by atoms with van der Waals surface area (Å²) < 4.78 is 7.77. The summed E-state index contributed by atoms with van der Waals surface area (Å²) in [6.07, 6.45) is 3.62. The quantitative estimate of drug-likeness (QED) is 0.192. The van der Waals surface area contributed by atoms with Crippen molar-refractivity contribution in [2.24, 2.45) is 5.10 Å². The molecule has 5 rings (SSSR count). The van der Waals surface area contributed by atoms with Gasteiger partial charge in [-0.25, -0.2) is 5.43 Å². The standard InChI is InChI=1S/C27H20N4O4/c32-27(26-15-14-25(35-26)20-10-12-22(13-11-20)31(33)34)29-28-16-21-18-30(17-19-6-2-1-3-7-19)24-9-5-4-8-23(21)24/h1-16,18H,17H2,(H,29,32)/b28-16+. The smallest absolute Gasteiger partial charge is 0.307 e. The van der Waals surface area contributed by atoms with Gasteiger partial charge in [-0.3, -0.25) is 14.9 Å². The number of hydrogen-bond donors (Lipinski definition) is 1. The highest BCUT2D eigenvalue weighted by molar-refractivity contribution is 6.00. The van der Waals surface area contributed by atoms with Gasteiger partial charge in [0, 0.05) is 46.9 Å². The molecule has 2 heterocycles. The summed E-state index contributed by atoms with van der Waals surface area (Å²) in [7, 11) is 0. The molecular weight excluding hydrogens is 444 g/mol. The Balaban J connectivity index is 1.30. The highest BCUT2D eigenvalue weighted by atomic mass is 16.6. The van der Waals surface area contributed by atoms with Crippen molar-refractivity contribution in [3.8, 4) is 11.3 Å².